The highest BCUT2D eigenvalue weighted by molar-refractivity contribution is 7.99. The molecule has 0 unspecified atom stereocenters. The molecule has 0 fully saturated rings. The number of ether oxygens (including phenoxy) is 1. The summed E-state index contributed by atoms with van der Waals surface area (Å²) < 4.78 is 4.70. The molecule has 0 saturated heterocycles. The van der Waals surface area contributed by atoms with Crippen molar-refractivity contribution in [3.8, 4) is 11.4 Å². The molecule has 1 aromatic heterocycles. The number of esters is 1. The molecular weight excluding hydrogens is 364 g/mol. The van der Waals surface area contributed by atoms with Crippen LogP contribution in [0, 0.1) is 6.92 Å². The first kappa shape index (κ1) is 18.7. The summed E-state index contributed by atoms with van der Waals surface area (Å²) in [6.45, 7) is 1.85. The van der Waals surface area contributed by atoms with Crippen LogP contribution < -0.4 is 5.32 Å². The third kappa shape index (κ3) is 4.73. The van der Waals surface area contributed by atoms with Gasteiger partial charge in [0.15, 0.2) is 5.82 Å². The van der Waals surface area contributed by atoms with E-state index in [0.29, 0.717) is 22.2 Å². The number of aromatic nitrogens is 3. The number of thioether (sulfide) groups is 1. The Morgan fingerprint density at radius 2 is 1.96 bits per heavy atom. The zero-order chi connectivity index (χ0) is 19.2. The van der Waals surface area contributed by atoms with E-state index in [-0.39, 0.29) is 11.7 Å². The Balaban J connectivity index is 1.61. The third-order valence-corrected chi connectivity index (χ3v) is 4.62. The highest BCUT2D eigenvalue weighted by atomic mass is 32.2. The number of anilines is 1. The van der Waals surface area contributed by atoms with E-state index in [0.717, 1.165) is 11.1 Å². The molecule has 2 aromatic carbocycles. The lowest BCUT2D eigenvalue weighted by atomic mass is 10.1. The highest BCUT2D eigenvalue weighted by Gasteiger charge is 2.12. The van der Waals surface area contributed by atoms with Crippen molar-refractivity contribution in [2.24, 2.45) is 0 Å². The van der Waals surface area contributed by atoms with Gasteiger partial charge in [-0.2, -0.15) is 0 Å². The maximum Gasteiger partial charge on any atom is 0.337 e. The zero-order valence-corrected chi connectivity index (χ0v) is 15.7. The Bertz CT molecular complexity index is 957. The zero-order valence-electron chi connectivity index (χ0n) is 14.9. The molecule has 1 amide bonds. The summed E-state index contributed by atoms with van der Waals surface area (Å²) in [6, 6.07) is 14.6. The quantitative estimate of drug-likeness (QED) is 0.501. The van der Waals surface area contributed by atoms with Crippen molar-refractivity contribution >= 4 is 29.3 Å². The molecule has 27 heavy (non-hydrogen) atoms. The Labute approximate surface area is 160 Å². The number of H-pyrrole nitrogens is 1. The number of carbonyl (C=O) groups is 2. The molecular formula is C19H18N4O3S. The lowest BCUT2D eigenvalue weighted by molar-refractivity contribution is -0.113. The average Bonchev–Trinajstić information content (AvgIpc) is 3.17. The van der Waals surface area contributed by atoms with Gasteiger partial charge in [-0.25, -0.2) is 9.78 Å². The maximum absolute atomic E-state index is 12.3. The molecule has 0 radical (unpaired) electrons. The minimum absolute atomic E-state index is 0.147. The van der Waals surface area contributed by atoms with E-state index in [1.165, 1.54) is 18.9 Å². The topological polar surface area (TPSA) is 97.0 Å². The molecule has 0 saturated carbocycles. The van der Waals surface area contributed by atoms with Crippen molar-refractivity contribution in [2.45, 2.75) is 12.1 Å². The molecule has 0 atom stereocenters. The second-order valence-electron chi connectivity index (χ2n) is 5.69. The summed E-state index contributed by atoms with van der Waals surface area (Å²) in [6.07, 6.45) is 0. The Hall–Kier alpha value is -3.13. The molecule has 2 N–H and O–H groups in total. The molecule has 3 rings (SSSR count). The van der Waals surface area contributed by atoms with Crippen LogP contribution in [0.3, 0.4) is 0 Å². The first-order valence-electron chi connectivity index (χ1n) is 8.16. The summed E-state index contributed by atoms with van der Waals surface area (Å²) in [5.74, 6) is 0.138. The molecule has 1 heterocycles. The summed E-state index contributed by atoms with van der Waals surface area (Å²) in [5.41, 5.74) is 2.73. The van der Waals surface area contributed by atoms with Crippen LogP contribution in [-0.4, -0.2) is 39.9 Å². The Morgan fingerprint density at radius 3 is 2.70 bits per heavy atom. The second-order valence-corrected chi connectivity index (χ2v) is 6.63. The van der Waals surface area contributed by atoms with E-state index in [1.807, 2.05) is 37.3 Å². The van der Waals surface area contributed by atoms with Gasteiger partial charge in [-0.3, -0.25) is 9.89 Å². The fourth-order valence-electron chi connectivity index (χ4n) is 2.35. The summed E-state index contributed by atoms with van der Waals surface area (Å²) in [5, 5.41) is 10.3. The molecule has 0 spiro atoms. The van der Waals surface area contributed by atoms with Crippen LogP contribution in [0.25, 0.3) is 11.4 Å². The number of aromatic amines is 1. The third-order valence-electron chi connectivity index (χ3n) is 3.78. The van der Waals surface area contributed by atoms with Gasteiger partial charge in [-0.15, -0.1) is 5.10 Å². The SMILES string of the molecule is COC(=O)c1ccc(C)c(NC(=O)CSc2n[nH]c(-c3ccccc3)n2)c1. The summed E-state index contributed by atoms with van der Waals surface area (Å²) in [4.78, 5) is 28.3. The molecule has 8 heteroatoms. The summed E-state index contributed by atoms with van der Waals surface area (Å²) >= 11 is 1.23. The van der Waals surface area contributed by atoms with Crippen molar-refractivity contribution in [2.75, 3.05) is 18.2 Å². The van der Waals surface area contributed by atoms with Crippen LogP contribution in [0.5, 0.6) is 0 Å². The minimum atomic E-state index is -0.450. The molecule has 7 nitrogen and oxygen atoms in total. The fraction of sp³-hybridized carbons (Fsp3) is 0.158. The highest BCUT2D eigenvalue weighted by Crippen LogP contribution is 2.21. The molecule has 0 aliphatic rings. The van der Waals surface area contributed by atoms with E-state index in [1.54, 1.807) is 18.2 Å². The lowest BCUT2D eigenvalue weighted by Crippen LogP contribution is -2.15. The molecule has 3 aromatic rings. The number of carbonyl (C=O) groups excluding carboxylic acids is 2. The van der Waals surface area contributed by atoms with Crippen LogP contribution in [0.4, 0.5) is 5.69 Å². The molecule has 138 valence electrons. The second kappa shape index (κ2) is 8.50. The van der Waals surface area contributed by atoms with E-state index in [2.05, 4.69) is 20.5 Å². The summed E-state index contributed by atoms with van der Waals surface area (Å²) in [7, 11) is 1.32. The normalized spacial score (nSPS) is 10.4. The van der Waals surface area contributed by atoms with E-state index in [4.69, 9.17) is 4.74 Å². The van der Waals surface area contributed by atoms with Crippen molar-refractivity contribution in [1.82, 2.24) is 15.2 Å². The van der Waals surface area contributed by atoms with Crippen molar-refractivity contribution < 1.29 is 14.3 Å². The molecule has 0 bridgehead atoms. The van der Waals surface area contributed by atoms with Gasteiger partial charge in [0.1, 0.15) is 0 Å². The number of nitrogens with one attached hydrogen (secondary N) is 2. The fourth-order valence-corrected chi connectivity index (χ4v) is 2.95. The van der Waals surface area contributed by atoms with Crippen LogP contribution >= 0.6 is 11.8 Å². The van der Waals surface area contributed by atoms with Gasteiger partial charge in [0.25, 0.3) is 0 Å². The van der Waals surface area contributed by atoms with Gasteiger partial charge < -0.3 is 10.1 Å². The lowest BCUT2D eigenvalue weighted by Gasteiger charge is -2.09. The van der Waals surface area contributed by atoms with Gasteiger partial charge in [-0.1, -0.05) is 48.2 Å². The van der Waals surface area contributed by atoms with Crippen LogP contribution in [0.15, 0.2) is 53.7 Å². The number of amides is 1. The van der Waals surface area contributed by atoms with Gasteiger partial charge in [0, 0.05) is 11.3 Å². The molecule has 0 aliphatic heterocycles. The Kier molecular flexibility index (Phi) is 5.87. The van der Waals surface area contributed by atoms with Crippen LogP contribution in [0.2, 0.25) is 0 Å². The first-order valence-corrected chi connectivity index (χ1v) is 9.15. The number of rotatable bonds is 6. The average molecular weight is 382 g/mol. The van der Waals surface area contributed by atoms with Gasteiger partial charge in [0.2, 0.25) is 11.1 Å². The standard InChI is InChI=1S/C19H18N4O3S/c1-12-8-9-14(18(25)26-2)10-15(12)20-16(24)11-27-19-21-17(22-23-19)13-6-4-3-5-7-13/h3-10H,11H2,1-2H3,(H,20,24)(H,21,22,23). The predicted octanol–water partition coefficient (Wildman–Crippen LogP) is 3.30. The van der Waals surface area contributed by atoms with Gasteiger partial charge >= 0.3 is 5.97 Å². The minimum Gasteiger partial charge on any atom is -0.465 e. The van der Waals surface area contributed by atoms with E-state index in [9.17, 15) is 9.59 Å². The van der Waals surface area contributed by atoms with Crippen molar-refractivity contribution in [1.29, 1.82) is 0 Å². The largest absolute Gasteiger partial charge is 0.465 e. The van der Waals surface area contributed by atoms with E-state index < -0.39 is 5.97 Å². The van der Waals surface area contributed by atoms with Gasteiger partial charge in [-0.05, 0) is 24.6 Å². The van der Waals surface area contributed by atoms with Gasteiger partial charge in [0.05, 0.1) is 18.4 Å². The molecule has 0 aliphatic carbocycles. The number of nitrogens with zero attached hydrogens (tertiary/aromatic N) is 2. The maximum atomic E-state index is 12.3. The monoisotopic (exact) mass is 382 g/mol. The number of aryl methyl sites for hydroxylation is 1. The number of hydrogen-bond acceptors (Lipinski definition) is 6. The smallest absolute Gasteiger partial charge is 0.337 e. The first-order chi connectivity index (χ1) is 13.1. The number of methoxy groups -OCH3 is 1. The van der Waals surface area contributed by atoms with Crippen LogP contribution in [-0.2, 0) is 9.53 Å². The Morgan fingerprint density at radius 1 is 1.19 bits per heavy atom. The predicted molar refractivity (Wildman–Crippen MR) is 104 cm³/mol. The van der Waals surface area contributed by atoms with Crippen molar-refractivity contribution in [3.63, 3.8) is 0 Å². The van der Waals surface area contributed by atoms with Crippen LogP contribution in [0.1, 0.15) is 15.9 Å². The number of hydrogen-bond donors (Lipinski definition) is 2. The van der Waals surface area contributed by atoms with Crippen molar-refractivity contribution in [3.05, 3.63) is 59.7 Å². The van der Waals surface area contributed by atoms with E-state index >= 15 is 0 Å². The number of benzene rings is 2.